The molecule has 0 bridgehead atoms. The molecule has 28 heavy (non-hydrogen) atoms. The number of esters is 1. The van der Waals surface area contributed by atoms with Crippen LogP contribution in [0.25, 0.3) is 6.08 Å². The first kappa shape index (κ1) is 21.4. The molecule has 150 valence electrons. The van der Waals surface area contributed by atoms with Crippen molar-refractivity contribution in [2.75, 3.05) is 20.3 Å². The quantitative estimate of drug-likeness (QED) is 0.480. The summed E-state index contributed by atoms with van der Waals surface area (Å²) in [6.45, 7) is -3.06. The Kier molecular flexibility index (Phi) is 8.41. The van der Waals surface area contributed by atoms with Gasteiger partial charge in [0.05, 0.1) is 7.11 Å². The van der Waals surface area contributed by atoms with Crippen LogP contribution in [0.1, 0.15) is 11.1 Å². The molecule has 1 amide bonds. The van der Waals surface area contributed by atoms with Crippen LogP contribution in [0.2, 0.25) is 0 Å². The van der Waals surface area contributed by atoms with Gasteiger partial charge >= 0.3 is 12.6 Å². The molecule has 1 aromatic heterocycles. The third-order valence-electron chi connectivity index (χ3n) is 3.48. The molecule has 0 aliphatic rings. The van der Waals surface area contributed by atoms with E-state index in [0.717, 1.165) is 11.1 Å². The second kappa shape index (κ2) is 11.0. The fourth-order valence-corrected chi connectivity index (χ4v) is 2.81. The predicted octanol–water partition coefficient (Wildman–Crippen LogP) is 3.27. The zero-order chi connectivity index (χ0) is 20.4. The van der Waals surface area contributed by atoms with Crippen LogP contribution in [0.5, 0.6) is 11.5 Å². The summed E-state index contributed by atoms with van der Waals surface area (Å²) in [5.41, 5.74) is 1.64. The number of hydrogen-bond donors (Lipinski definition) is 1. The van der Waals surface area contributed by atoms with Crippen LogP contribution >= 0.6 is 11.3 Å². The minimum absolute atomic E-state index is 0.0623. The highest BCUT2D eigenvalue weighted by atomic mass is 32.1. The van der Waals surface area contributed by atoms with Gasteiger partial charge in [-0.3, -0.25) is 4.79 Å². The number of amides is 1. The summed E-state index contributed by atoms with van der Waals surface area (Å²) in [6, 6.07) is 6.38. The number of benzene rings is 1. The Morgan fingerprint density at radius 3 is 2.75 bits per heavy atom. The van der Waals surface area contributed by atoms with E-state index in [0.29, 0.717) is 6.42 Å². The zero-order valence-electron chi connectivity index (χ0n) is 15.0. The van der Waals surface area contributed by atoms with Gasteiger partial charge in [-0.1, -0.05) is 6.07 Å². The van der Waals surface area contributed by atoms with Crippen LogP contribution in [0.4, 0.5) is 8.78 Å². The van der Waals surface area contributed by atoms with Gasteiger partial charge in [0.15, 0.2) is 18.1 Å². The SMILES string of the molecule is COc1cc(CCNC(=O)COC(=O)/C=C/c2ccsc2)ccc1OC(F)F. The van der Waals surface area contributed by atoms with Gasteiger partial charge < -0.3 is 19.5 Å². The number of hydrogen-bond acceptors (Lipinski definition) is 6. The average molecular weight is 411 g/mol. The van der Waals surface area contributed by atoms with Crippen molar-refractivity contribution in [3.63, 3.8) is 0 Å². The summed E-state index contributed by atoms with van der Waals surface area (Å²) in [5, 5.41) is 6.36. The Labute approximate surface area is 164 Å². The normalized spacial score (nSPS) is 10.9. The molecule has 1 heterocycles. The molecule has 0 fully saturated rings. The Balaban J connectivity index is 1.72. The fraction of sp³-hybridized carbons (Fsp3) is 0.263. The second-order valence-corrected chi connectivity index (χ2v) is 6.24. The van der Waals surface area contributed by atoms with Crippen molar-refractivity contribution in [2.45, 2.75) is 13.0 Å². The maximum Gasteiger partial charge on any atom is 0.387 e. The molecule has 2 rings (SSSR count). The minimum Gasteiger partial charge on any atom is -0.493 e. The van der Waals surface area contributed by atoms with Crippen LogP contribution < -0.4 is 14.8 Å². The molecule has 0 saturated heterocycles. The Morgan fingerprint density at radius 2 is 2.07 bits per heavy atom. The van der Waals surface area contributed by atoms with E-state index in [1.165, 1.54) is 30.6 Å². The third kappa shape index (κ3) is 7.36. The topological polar surface area (TPSA) is 73.9 Å². The van der Waals surface area contributed by atoms with Gasteiger partial charge in [0.25, 0.3) is 5.91 Å². The second-order valence-electron chi connectivity index (χ2n) is 5.46. The maximum absolute atomic E-state index is 12.3. The Bertz CT molecular complexity index is 809. The minimum atomic E-state index is -2.94. The van der Waals surface area contributed by atoms with E-state index >= 15 is 0 Å². The Hall–Kier alpha value is -2.94. The molecule has 0 aliphatic carbocycles. The van der Waals surface area contributed by atoms with Gasteiger partial charge in [-0.25, -0.2) is 4.79 Å². The van der Waals surface area contributed by atoms with Crippen LogP contribution in [0.3, 0.4) is 0 Å². The first-order valence-electron chi connectivity index (χ1n) is 8.23. The van der Waals surface area contributed by atoms with E-state index in [1.54, 1.807) is 18.2 Å². The van der Waals surface area contributed by atoms with Crippen LogP contribution in [0, 0.1) is 0 Å². The number of ether oxygens (including phenoxy) is 3. The van der Waals surface area contributed by atoms with Crippen molar-refractivity contribution < 1.29 is 32.6 Å². The molecule has 0 atom stereocenters. The molecule has 9 heteroatoms. The lowest BCUT2D eigenvalue weighted by Gasteiger charge is -2.11. The molecular formula is C19H19F2NO5S. The number of thiophene rings is 1. The summed E-state index contributed by atoms with van der Waals surface area (Å²) in [6.07, 6.45) is 3.29. The maximum atomic E-state index is 12.3. The van der Waals surface area contributed by atoms with Gasteiger partial charge in [-0.2, -0.15) is 20.1 Å². The number of alkyl halides is 2. The number of nitrogens with one attached hydrogen (secondary N) is 1. The lowest BCUT2D eigenvalue weighted by Crippen LogP contribution is -2.30. The van der Waals surface area contributed by atoms with Gasteiger partial charge in [-0.05, 0) is 52.6 Å². The molecule has 0 saturated carbocycles. The summed E-state index contributed by atoms with van der Waals surface area (Å²) in [5.74, 6) is -0.939. The first-order chi connectivity index (χ1) is 13.5. The van der Waals surface area contributed by atoms with E-state index in [1.807, 2.05) is 16.8 Å². The summed E-state index contributed by atoms with van der Waals surface area (Å²) >= 11 is 1.51. The van der Waals surface area contributed by atoms with E-state index in [-0.39, 0.29) is 18.0 Å². The number of methoxy groups -OCH3 is 1. The van der Waals surface area contributed by atoms with E-state index in [2.05, 4.69) is 10.1 Å². The summed E-state index contributed by atoms with van der Waals surface area (Å²) in [7, 11) is 1.35. The smallest absolute Gasteiger partial charge is 0.387 e. The molecule has 0 aliphatic heterocycles. The number of rotatable bonds is 10. The van der Waals surface area contributed by atoms with Crippen molar-refractivity contribution in [3.8, 4) is 11.5 Å². The predicted molar refractivity (Wildman–Crippen MR) is 101 cm³/mol. The van der Waals surface area contributed by atoms with Crippen molar-refractivity contribution in [1.82, 2.24) is 5.32 Å². The fourth-order valence-electron chi connectivity index (χ4n) is 2.18. The largest absolute Gasteiger partial charge is 0.493 e. The molecule has 6 nitrogen and oxygen atoms in total. The van der Waals surface area contributed by atoms with E-state index in [4.69, 9.17) is 9.47 Å². The highest BCUT2D eigenvalue weighted by Gasteiger charge is 2.11. The summed E-state index contributed by atoms with van der Waals surface area (Å²) < 4.78 is 38.8. The molecule has 0 radical (unpaired) electrons. The van der Waals surface area contributed by atoms with Crippen molar-refractivity contribution in [1.29, 1.82) is 0 Å². The molecule has 0 unspecified atom stereocenters. The molecule has 2 aromatic rings. The van der Waals surface area contributed by atoms with Crippen LogP contribution in [-0.2, 0) is 20.7 Å². The zero-order valence-corrected chi connectivity index (χ0v) is 15.8. The number of carbonyl (C=O) groups excluding carboxylic acids is 2. The van der Waals surface area contributed by atoms with Gasteiger partial charge in [0.2, 0.25) is 0 Å². The van der Waals surface area contributed by atoms with Gasteiger partial charge in [-0.15, -0.1) is 0 Å². The van der Waals surface area contributed by atoms with Crippen molar-refractivity contribution in [2.24, 2.45) is 0 Å². The first-order valence-corrected chi connectivity index (χ1v) is 9.17. The van der Waals surface area contributed by atoms with E-state index < -0.39 is 25.1 Å². The van der Waals surface area contributed by atoms with Gasteiger partial charge in [0.1, 0.15) is 0 Å². The molecule has 1 N–H and O–H groups in total. The average Bonchev–Trinajstić information content (AvgIpc) is 3.19. The lowest BCUT2D eigenvalue weighted by molar-refractivity contribution is -0.143. The van der Waals surface area contributed by atoms with Crippen LogP contribution in [-0.4, -0.2) is 38.7 Å². The van der Waals surface area contributed by atoms with E-state index in [9.17, 15) is 18.4 Å². The van der Waals surface area contributed by atoms with Crippen LogP contribution in [0.15, 0.2) is 41.1 Å². The monoisotopic (exact) mass is 411 g/mol. The highest BCUT2D eigenvalue weighted by Crippen LogP contribution is 2.29. The number of carbonyl (C=O) groups is 2. The molecular weight excluding hydrogens is 392 g/mol. The van der Waals surface area contributed by atoms with Crippen molar-refractivity contribution >= 4 is 29.3 Å². The van der Waals surface area contributed by atoms with Crippen molar-refractivity contribution in [3.05, 3.63) is 52.2 Å². The van der Waals surface area contributed by atoms with Gasteiger partial charge in [0, 0.05) is 12.6 Å². The summed E-state index contributed by atoms with van der Waals surface area (Å²) in [4.78, 5) is 23.3. The Morgan fingerprint density at radius 1 is 1.25 bits per heavy atom. The third-order valence-corrected chi connectivity index (χ3v) is 4.18. The molecule has 0 spiro atoms. The highest BCUT2D eigenvalue weighted by molar-refractivity contribution is 7.08. The lowest BCUT2D eigenvalue weighted by atomic mass is 10.1. The molecule has 1 aromatic carbocycles. The standard InChI is InChI=1S/C19H19F2NO5S/c1-25-16-10-13(2-4-15(16)27-19(20)21)6-8-22-17(23)11-26-18(24)5-3-14-7-9-28-12-14/h2-5,7,9-10,12,19H,6,8,11H2,1H3,(H,22,23)/b5-3+. The number of halogens is 2.